The Bertz CT molecular complexity index is 2020. The summed E-state index contributed by atoms with van der Waals surface area (Å²) < 4.78 is 30.8. The second kappa shape index (κ2) is 12.7. The summed E-state index contributed by atoms with van der Waals surface area (Å²) in [4.78, 5) is 49.4. The van der Waals surface area contributed by atoms with Crippen LogP contribution in [-0.4, -0.2) is 54.0 Å². The van der Waals surface area contributed by atoms with Crippen LogP contribution in [0.1, 0.15) is 66.3 Å². The Balaban J connectivity index is 1.28. The Hall–Kier alpha value is -5.46. The first kappa shape index (κ1) is 31.5. The van der Waals surface area contributed by atoms with E-state index in [1.54, 1.807) is 36.4 Å². The van der Waals surface area contributed by atoms with Crippen molar-refractivity contribution in [3.05, 3.63) is 100.0 Å². The van der Waals surface area contributed by atoms with Crippen LogP contribution in [-0.2, 0) is 4.79 Å². The molecule has 0 atom stereocenters. The minimum Gasteiger partial charge on any atom is -0.382 e. The van der Waals surface area contributed by atoms with Gasteiger partial charge in [-0.2, -0.15) is 5.10 Å². The third-order valence-corrected chi connectivity index (χ3v) is 8.63. The Kier molecular flexibility index (Phi) is 8.54. The number of hydrogen-bond acceptors (Lipinski definition) is 7. The van der Waals surface area contributed by atoms with Crippen LogP contribution in [0.15, 0.2) is 71.9 Å². The third-order valence-electron chi connectivity index (χ3n) is 8.63. The molecule has 0 unspecified atom stereocenters. The van der Waals surface area contributed by atoms with Gasteiger partial charge in [0.05, 0.1) is 0 Å². The van der Waals surface area contributed by atoms with E-state index < -0.39 is 29.0 Å². The van der Waals surface area contributed by atoms with Crippen molar-refractivity contribution in [1.82, 2.24) is 29.0 Å². The maximum absolute atomic E-state index is 14.0. The molecule has 13 heteroatoms. The number of nitrogen functional groups attached to an aromatic ring is 1. The van der Waals surface area contributed by atoms with E-state index in [9.17, 15) is 23.2 Å². The smallest absolute Gasteiger partial charge is 0.269 e. The van der Waals surface area contributed by atoms with Crippen molar-refractivity contribution in [3.8, 4) is 16.9 Å². The fourth-order valence-corrected chi connectivity index (χ4v) is 6.16. The Morgan fingerprint density at radius 2 is 1.74 bits per heavy atom. The number of amides is 2. The molecular weight excluding hydrogens is 606 g/mol. The number of nitrogens with one attached hydrogen (secondary N) is 1. The van der Waals surface area contributed by atoms with Gasteiger partial charge in [0.1, 0.15) is 23.2 Å². The van der Waals surface area contributed by atoms with E-state index in [2.05, 4.69) is 20.4 Å². The predicted octanol–water partition coefficient (Wildman–Crippen LogP) is 5.38. The van der Waals surface area contributed by atoms with Gasteiger partial charge >= 0.3 is 0 Å². The van der Waals surface area contributed by atoms with Crippen LogP contribution >= 0.6 is 0 Å². The van der Waals surface area contributed by atoms with E-state index in [-0.39, 0.29) is 29.3 Å². The first-order valence-corrected chi connectivity index (χ1v) is 15.3. The zero-order valence-corrected chi connectivity index (χ0v) is 26.2. The number of nitrogens with zero attached hydrogens (tertiary/aromatic N) is 6. The Morgan fingerprint density at radius 3 is 2.38 bits per heavy atom. The number of fused-ring (bicyclic) bond motifs is 1. The molecule has 6 rings (SSSR count). The summed E-state index contributed by atoms with van der Waals surface area (Å²) in [6, 6.07) is 14.6. The molecule has 1 aliphatic heterocycles. The van der Waals surface area contributed by atoms with E-state index in [0.717, 1.165) is 40.3 Å². The largest absolute Gasteiger partial charge is 0.382 e. The van der Waals surface area contributed by atoms with Gasteiger partial charge in [0.2, 0.25) is 5.91 Å². The maximum Gasteiger partial charge on any atom is 0.269 e. The zero-order chi connectivity index (χ0) is 33.4. The van der Waals surface area contributed by atoms with Crippen molar-refractivity contribution < 1.29 is 18.4 Å². The molecule has 1 saturated heterocycles. The number of likely N-dealkylation sites (tertiary alicyclic amines) is 1. The average molecular weight is 641 g/mol. The van der Waals surface area contributed by atoms with Crippen molar-refractivity contribution >= 4 is 28.8 Å². The first-order chi connectivity index (χ1) is 22.5. The predicted molar refractivity (Wildman–Crippen MR) is 174 cm³/mol. The van der Waals surface area contributed by atoms with Gasteiger partial charge in [-0.15, -0.1) is 0 Å². The number of rotatable bonds is 7. The molecule has 11 nitrogen and oxygen atoms in total. The van der Waals surface area contributed by atoms with E-state index in [1.807, 2.05) is 29.3 Å². The van der Waals surface area contributed by atoms with Crippen molar-refractivity contribution in [2.75, 3.05) is 24.1 Å². The molecule has 4 aromatic heterocycles. The lowest BCUT2D eigenvalue weighted by Gasteiger charge is -2.33. The molecule has 0 saturated carbocycles. The monoisotopic (exact) mass is 640 g/mol. The maximum atomic E-state index is 14.0. The highest BCUT2D eigenvalue weighted by Crippen LogP contribution is 2.37. The van der Waals surface area contributed by atoms with Gasteiger partial charge in [-0.25, -0.2) is 23.3 Å². The van der Waals surface area contributed by atoms with Gasteiger partial charge in [0.15, 0.2) is 5.82 Å². The van der Waals surface area contributed by atoms with Crippen LogP contribution in [0.25, 0.3) is 22.5 Å². The summed E-state index contributed by atoms with van der Waals surface area (Å²) in [7, 11) is 0. The highest BCUT2D eigenvalue weighted by atomic mass is 19.3. The van der Waals surface area contributed by atoms with Crippen LogP contribution < -0.4 is 16.6 Å². The van der Waals surface area contributed by atoms with Gasteiger partial charge in [-0.3, -0.25) is 19.0 Å². The molecule has 2 amide bonds. The first-order valence-electron chi connectivity index (χ1n) is 15.3. The standard InChI is InChI=1S/C34H34F2N8O3/c1-19(2)33(46)42-14-11-22(12-15-42)27-17-25(29-31(37)39-18-40-44(27)29)21-7-9-23(10-8-21)41-32(45)26-16-24(30(35)36)20(3)43(34(26)47)28-6-4-5-13-38-28/h4-10,13,16-19,22,30H,11-12,14-15H2,1-3H3,(H,41,45)(H2,37,39,40). The van der Waals surface area contributed by atoms with Crippen LogP contribution in [0.5, 0.6) is 0 Å². The molecule has 5 aromatic rings. The summed E-state index contributed by atoms with van der Waals surface area (Å²) in [6.07, 6.45) is 1.51. The SMILES string of the molecule is Cc1c(C(F)F)cc(C(=O)Nc2ccc(-c3cc(C4CCN(C(=O)C(C)C)CC4)n4ncnc(N)c34)cc2)c(=O)n1-c1ccccn1. The molecule has 3 N–H and O–H groups in total. The fourth-order valence-electron chi connectivity index (χ4n) is 6.16. The second-order valence-electron chi connectivity index (χ2n) is 11.9. The lowest BCUT2D eigenvalue weighted by atomic mass is 9.92. The van der Waals surface area contributed by atoms with Crippen molar-refractivity contribution in [1.29, 1.82) is 0 Å². The summed E-state index contributed by atoms with van der Waals surface area (Å²) in [5.74, 6) is -0.130. The molecule has 1 aliphatic rings. The van der Waals surface area contributed by atoms with Gasteiger partial charge in [0, 0.05) is 59.3 Å². The third kappa shape index (κ3) is 5.96. The number of anilines is 2. The molecule has 242 valence electrons. The quantitative estimate of drug-likeness (QED) is 0.243. The van der Waals surface area contributed by atoms with Crippen molar-refractivity contribution in [3.63, 3.8) is 0 Å². The molecule has 47 heavy (non-hydrogen) atoms. The minimum atomic E-state index is -2.91. The van der Waals surface area contributed by atoms with Crippen molar-refractivity contribution in [2.24, 2.45) is 5.92 Å². The van der Waals surface area contributed by atoms with E-state index >= 15 is 0 Å². The molecule has 5 heterocycles. The van der Waals surface area contributed by atoms with E-state index in [1.165, 1.54) is 25.5 Å². The summed E-state index contributed by atoms with van der Waals surface area (Å²) in [6.45, 7) is 6.52. The van der Waals surface area contributed by atoms with Crippen molar-refractivity contribution in [2.45, 2.75) is 46.0 Å². The Morgan fingerprint density at radius 1 is 1.02 bits per heavy atom. The number of piperidine rings is 1. The molecule has 0 aliphatic carbocycles. The lowest BCUT2D eigenvalue weighted by Crippen LogP contribution is -2.40. The normalized spacial score (nSPS) is 13.9. The Labute approximate surface area is 269 Å². The summed E-state index contributed by atoms with van der Waals surface area (Å²) in [5, 5.41) is 7.16. The number of pyridine rings is 2. The zero-order valence-electron chi connectivity index (χ0n) is 26.2. The number of aromatic nitrogens is 5. The van der Waals surface area contributed by atoms with E-state index in [0.29, 0.717) is 30.1 Å². The molecule has 1 fully saturated rings. The summed E-state index contributed by atoms with van der Waals surface area (Å²) >= 11 is 0. The van der Waals surface area contributed by atoms with Gasteiger partial charge in [0.25, 0.3) is 17.9 Å². The highest BCUT2D eigenvalue weighted by Gasteiger charge is 2.29. The average Bonchev–Trinajstić information content (AvgIpc) is 3.46. The molecule has 1 aromatic carbocycles. The minimum absolute atomic E-state index is 0.00150. The number of halogens is 2. The van der Waals surface area contributed by atoms with Gasteiger partial charge in [-0.1, -0.05) is 32.0 Å². The van der Waals surface area contributed by atoms with Gasteiger partial charge < -0.3 is 16.0 Å². The van der Waals surface area contributed by atoms with Crippen LogP contribution in [0.4, 0.5) is 20.3 Å². The number of alkyl halides is 2. The van der Waals surface area contributed by atoms with Crippen LogP contribution in [0.2, 0.25) is 0 Å². The molecule has 0 bridgehead atoms. The number of carbonyl (C=O) groups excluding carboxylic acids is 2. The number of carbonyl (C=O) groups is 2. The number of hydrogen-bond donors (Lipinski definition) is 2. The van der Waals surface area contributed by atoms with Crippen LogP contribution in [0, 0.1) is 12.8 Å². The number of benzene rings is 1. The molecule has 0 spiro atoms. The topological polar surface area (TPSA) is 141 Å². The lowest BCUT2D eigenvalue weighted by molar-refractivity contribution is -0.135. The molecular formula is C34H34F2N8O3. The van der Waals surface area contributed by atoms with Gasteiger partial charge in [-0.05, 0) is 61.7 Å². The fraction of sp³-hybridized carbons (Fsp3) is 0.294. The summed E-state index contributed by atoms with van der Waals surface area (Å²) in [5.41, 5.74) is 8.26. The molecule has 0 radical (unpaired) electrons. The van der Waals surface area contributed by atoms with E-state index in [4.69, 9.17) is 5.73 Å². The van der Waals surface area contributed by atoms with Crippen LogP contribution in [0.3, 0.4) is 0 Å². The highest BCUT2D eigenvalue weighted by molar-refractivity contribution is 6.04. The second-order valence-corrected chi connectivity index (χ2v) is 11.9. The number of nitrogens with two attached hydrogens (primary N) is 1.